The Kier molecular flexibility index (Phi) is 5.02. The second kappa shape index (κ2) is 4.98. The van der Waals surface area contributed by atoms with E-state index in [9.17, 15) is 19.2 Å². The summed E-state index contributed by atoms with van der Waals surface area (Å²) in [5, 5.41) is 35.1. The van der Waals surface area contributed by atoms with E-state index in [0.29, 0.717) is 0 Å². The molecule has 0 aromatic heterocycles. The maximum absolute atomic E-state index is 10.9. The minimum absolute atomic E-state index is 0. The molecule has 0 atom stereocenters. The minimum Gasteiger partial charge on any atom is -0.480 e. The third-order valence-corrected chi connectivity index (χ3v) is 3.06. The Bertz CT molecular complexity index is 331. The number of aliphatic carboxylic acids is 4. The molecule has 0 saturated heterocycles. The topological polar surface area (TPSA) is 212 Å². The van der Waals surface area contributed by atoms with Crippen LogP contribution in [0.1, 0.15) is 12.8 Å². The Labute approximate surface area is 99.1 Å². The molecule has 18 heavy (non-hydrogen) atoms. The molecule has 1 aliphatic rings. The normalized spacial score (nSPS) is 18.2. The lowest BCUT2D eigenvalue weighted by atomic mass is 9.49. The Morgan fingerprint density at radius 2 is 0.778 bits per heavy atom. The number of carboxylic acid groups (broad SMARTS) is 4. The van der Waals surface area contributed by atoms with Gasteiger partial charge >= 0.3 is 23.9 Å². The third kappa shape index (κ3) is 1.58. The van der Waals surface area contributed by atoms with E-state index in [1.165, 1.54) is 0 Å². The van der Waals surface area contributed by atoms with Gasteiger partial charge in [0.1, 0.15) is 0 Å². The number of hydrogen-bond donors (Lipinski definition) is 4. The summed E-state index contributed by atoms with van der Waals surface area (Å²) in [5.41, 5.74) is -5.57. The summed E-state index contributed by atoms with van der Waals surface area (Å²) in [6.45, 7) is 0. The first-order chi connectivity index (χ1) is 7.23. The molecule has 0 spiro atoms. The van der Waals surface area contributed by atoms with Crippen molar-refractivity contribution < 1.29 is 50.6 Å². The van der Waals surface area contributed by atoms with Crippen LogP contribution in [0.25, 0.3) is 0 Å². The largest absolute Gasteiger partial charge is 0.480 e. The van der Waals surface area contributed by atoms with Crippen LogP contribution < -0.4 is 0 Å². The van der Waals surface area contributed by atoms with Crippen LogP contribution in [0.2, 0.25) is 0 Å². The molecule has 0 unspecified atom stereocenters. The number of carbonyl (C=O) groups is 4. The van der Waals surface area contributed by atoms with E-state index in [1.807, 2.05) is 0 Å². The van der Waals surface area contributed by atoms with Gasteiger partial charge in [0.2, 0.25) is 0 Å². The first-order valence-electron chi connectivity index (χ1n) is 4.17. The summed E-state index contributed by atoms with van der Waals surface area (Å²) >= 11 is 0. The molecule has 0 radical (unpaired) electrons. The Morgan fingerprint density at radius 3 is 0.833 bits per heavy atom. The average Bonchev–Trinajstić information content (AvgIpc) is 1.98. The molecule has 0 bridgehead atoms. The van der Waals surface area contributed by atoms with Crippen molar-refractivity contribution in [2.24, 2.45) is 10.8 Å². The standard InChI is InChI=1S/C8H8O8.2H2O/c9-3(10)7(4(11)12)1-2-8(7,5(13)14)6(15)16;;/h1-2H2,(H,9,10)(H,11,12)(H,13,14)(H,15,16);2*1H2. The molecule has 1 fully saturated rings. The molecule has 10 nitrogen and oxygen atoms in total. The molecular weight excluding hydrogens is 256 g/mol. The molecule has 0 aliphatic heterocycles. The molecule has 1 aliphatic carbocycles. The highest BCUT2D eigenvalue weighted by atomic mass is 16.4. The Morgan fingerprint density at radius 1 is 0.611 bits per heavy atom. The van der Waals surface area contributed by atoms with E-state index in [4.69, 9.17) is 20.4 Å². The van der Waals surface area contributed by atoms with Crippen molar-refractivity contribution in [2.45, 2.75) is 12.8 Å². The second-order valence-electron chi connectivity index (χ2n) is 3.53. The average molecular weight is 268 g/mol. The van der Waals surface area contributed by atoms with Gasteiger partial charge in [-0.2, -0.15) is 0 Å². The molecule has 10 heteroatoms. The van der Waals surface area contributed by atoms with Crippen molar-refractivity contribution in [3.8, 4) is 0 Å². The monoisotopic (exact) mass is 268 g/mol. The molecule has 0 heterocycles. The van der Waals surface area contributed by atoms with Crippen LogP contribution in [-0.4, -0.2) is 55.3 Å². The highest BCUT2D eigenvalue weighted by molar-refractivity contribution is 6.14. The number of hydrogen-bond acceptors (Lipinski definition) is 4. The zero-order valence-electron chi connectivity index (χ0n) is 8.84. The highest BCUT2D eigenvalue weighted by Crippen LogP contribution is 2.57. The van der Waals surface area contributed by atoms with Crippen LogP contribution in [0.4, 0.5) is 0 Å². The van der Waals surface area contributed by atoms with Crippen LogP contribution in [0.15, 0.2) is 0 Å². The van der Waals surface area contributed by atoms with Gasteiger partial charge in [0, 0.05) is 0 Å². The summed E-state index contributed by atoms with van der Waals surface area (Å²) in [5.74, 6) is -7.79. The zero-order valence-corrected chi connectivity index (χ0v) is 8.84. The molecule has 0 aromatic rings. The van der Waals surface area contributed by atoms with Crippen LogP contribution in [-0.2, 0) is 19.2 Å². The van der Waals surface area contributed by atoms with Gasteiger partial charge < -0.3 is 31.4 Å². The smallest absolute Gasteiger partial charge is 0.322 e. The van der Waals surface area contributed by atoms with Gasteiger partial charge in [-0.1, -0.05) is 0 Å². The zero-order chi connectivity index (χ0) is 12.7. The van der Waals surface area contributed by atoms with Gasteiger partial charge in [-0.05, 0) is 12.8 Å². The number of carboxylic acids is 4. The Balaban J connectivity index is 0. The maximum Gasteiger partial charge on any atom is 0.322 e. The fraction of sp³-hybridized carbons (Fsp3) is 0.500. The van der Waals surface area contributed by atoms with Gasteiger partial charge in [-0.3, -0.25) is 19.2 Å². The van der Waals surface area contributed by atoms with Gasteiger partial charge in [-0.15, -0.1) is 0 Å². The van der Waals surface area contributed by atoms with Crippen LogP contribution in [0.3, 0.4) is 0 Å². The molecular formula is C8H12O10. The summed E-state index contributed by atoms with van der Waals surface area (Å²) < 4.78 is 0. The van der Waals surface area contributed by atoms with Crippen LogP contribution >= 0.6 is 0 Å². The fourth-order valence-corrected chi connectivity index (χ4v) is 1.97. The SMILES string of the molecule is O.O.O=C(O)C1(C(=O)O)CCC1(C(=O)O)C(=O)O. The van der Waals surface area contributed by atoms with E-state index >= 15 is 0 Å². The summed E-state index contributed by atoms with van der Waals surface area (Å²) in [7, 11) is 0. The second-order valence-corrected chi connectivity index (χ2v) is 3.53. The first-order valence-corrected chi connectivity index (χ1v) is 4.17. The van der Waals surface area contributed by atoms with Gasteiger partial charge in [0.05, 0.1) is 0 Å². The fourth-order valence-electron chi connectivity index (χ4n) is 1.97. The third-order valence-electron chi connectivity index (χ3n) is 3.06. The van der Waals surface area contributed by atoms with Crippen molar-refractivity contribution in [1.82, 2.24) is 0 Å². The lowest BCUT2D eigenvalue weighted by Crippen LogP contribution is -2.67. The molecule has 1 rings (SSSR count). The van der Waals surface area contributed by atoms with Gasteiger partial charge in [0.15, 0.2) is 10.8 Å². The predicted molar refractivity (Wildman–Crippen MR) is 51.9 cm³/mol. The van der Waals surface area contributed by atoms with Crippen molar-refractivity contribution in [3.63, 3.8) is 0 Å². The van der Waals surface area contributed by atoms with Crippen molar-refractivity contribution in [2.75, 3.05) is 0 Å². The maximum atomic E-state index is 10.9. The van der Waals surface area contributed by atoms with Crippen LogP contribution in [0.5, 0.6) is 0 Å². The summed E-state index contributed by atoms with van der Waals surface area (Å²) in [6.07, 6.45) is -1.04. The van der Waals surface area contributed by atoms with Gasteiger partial charge in [-0.25, -0.2) is 0 Å². The Hall–Kier alpha value is -2.20. The molecule has 1 saturated carbocycles. The lowest BCUT2D eigenvalue weighted by molar-refractivity contribution is -0.211. The van der Waals surface area contributed by atoms with E-state index in [-0.39, 0.29) is 11.0 Å². The molecule has 104 valence electrons. The molecule has 0 amide bonds. The van der Waals surface area contributed by atoms with Crippen molar-refractivity contribution in [3.05, 3.63) is 0 Å². The minimum atomic E-state index is -2.79. The van der Waals surface area contributed by atoms with E-state index in [1.54, 1.807) is 0 Å². The predicted octanol–water partition coefficient (Wildman–Crippen LogP) is -2.56. The number of rotatable bonds is 4. The lowest BCUT2D eigenvalue weighted by Gasteiger charge is -2.47. The molecule has 0 aromatic carbocycles. The van der Waals surface area contributed by atoms with Gasteiger partial charge in [0.25, 0.3) is 0 Å². The summed E-state index contributed by atoms with van der Waals surface area (Å²) in [4.78, 5) is 43.4. The quantitative estimate of drug-likeness (QED) is 0.397. The van der Waals surface area contributed by atoms with Crippen LogP contribution in [0, 0.1) is 10.8 Å². The first kappa shape index (κ1) is 18.2. The highest BCUT2D eigenvalue weighted by Gasteiger charge is 2.77. The van der Waals surface area contributed by atoms with E-state index in [2.05, 4.69) is 0 Å². The van der Waals surface area contributed by atoms with E-state index in [0.717, 1.165) is 0 Å². The van der Waals surface area contributed by atoms with Crippen molar-refractivity contribution in [1.29, 1.82) is 0 Å². The summed E-state index contributed by atoms with van der Waals surface area (Å²) in [6, 6.07) is 0. The van der Waals surface area contributed by atoms with E-state index < -0.39 is 47.5 Å². The molecule has 8 N–H and O–H groups in total. The van der Waals surface area contributed by atoms with Crippen molar-refractivity contribution >= 4 is 23.9 Å².